The van der Waals surface area contributed by atoms with Gasteiger partial charge in [0.25, 0.3) is 0 Å². The molecule has 0 aliphatic carbocycles. The van der Waals surface area contributed by atoms with Gasteiger partial charge < -0.3 is 10.4 Å². The van der Waals surface area contributed by atoms with Crippen LogP contribution in [0.2, 0.25) is 5.02 Å². The standard InChI is InChI=1S/C14H12Br2ClNO/c1-8-2-3-11(17)6-13(8)18-7-9-4-10(15)5-12(16)14(9)19/h2-6,18-19H,7H2,1H3. The Balaban J connectivity index is 2.21. The first-order chi connectivity index (χ1) is 8.97. The van der Waals surface area contributed by atoms with Gasteiger partial charge in [-0.05, 0) is 52.7 Å². The molecule has 0 aliphatic rings. The molecule has 100 valence electrons. The van der Waals surface area contributed by atoms with E-state index in [4.69, 9.17) is 11.6 Å². The van der Waals surface area contributed by atoms with Crippen molar-refractivity contribution in [3.8, 4) is 5.75 Å². The van der Waals surface area contributed by atoms with Gasteiger partial charge in [-0.3, -0.25) is 0 Å². The Bertz CT molecular complexity index is 617. The number of aromatic hydroxyl groups is 1. The molecule has 2 rings (SSSR count). The van der Waals surface area contributed by atoms with Crippen LogP contribution in [0.5, 0.6) is 5.75 Å². The minimum atomic E-state index is 0.246. The van der Waals surface area contributed by atoms with Crippen LogP contribution in [0.15, 0.2) is 39.3 Å². The first kappa shape index (κ1) is 14.7. The molecule has 0 aliphatic heterocycles. The maximum absolute atomic E-state index is 9.99. The van der Waals surface area contributed by atoms with Crippen LogP contribution >= 0.6 is 43.5 Å². The van der Waals surface area contributed by atoms with Crippen molar-refractivity contribution in [2.45, 2.75) is 13.5 Å². The van der Waals surface area contributed by atoms with Crippen molar-refractivity contribution in [1.29, 1.82) is 0 Å². The summed E-state index contributed by atoms with van der Waals surface area (Å²) >= 11 is 12.7. The molecule has 0 radical (unpaired) electrons. The third kappa shape index (κ3) is 3.65. The first-order valence-electron chi connectivity index (χ1n) is 5.64. The van der Waals surface area contributed by atoms with E-state index in [1.54, 1.807) is 0 Å². The molecule has 0 amide bonds. The molecule has 5 heteroatoms. The lowest BCUT2D eigenvalue weighted by Crippen LogP contribution is -2.01. The molecule has 2 aromatic rings. The lowest BCUT2D eigenvalue weighted by molar-refractivity contribution is 0.465. The molecule has 0 heterocycles. The van der Waals surface area contributed by atoms with Crippen LogP contribution in [0, 0.1) is 6.92 Å². The maximum Gasteiger partial charge on any atom is 0.134 e. The van der Waals surface area contributed by atoms with E-state index >= 15 is 0 Å². The van der Waals surface area contributed by atoms with E-state index in [0.717, 1.165) is 21.3 Å². The molecule has 0 aromatic heterocycles. The average Bonchev–Trinajstić information content (AvgIpc) is 2.35. The van der Waals surface area contributed by atoms with Gasteiger partial charge in [0.1, 0.15) is 5.75 Å². The topological polar surface area (TPSA) is 32.3 Å². The quantitative estimate of drug-likeness (QED) is 0.708. The highest BCUT2D eigenvalue weighted by atomic mass is 79.9. The van der Waals surface area contributed by atoms with Crippen molar-refractivity contribution in [2.24, 2.45) is 0 Å². The normalized spacial score (nSPS) is 10.5. The van der Waals surface area contributed by atoms with Crippen molar-refractivity contribution in [3.05, 3.63) is 55.4 Å². The fraction of sp³-hybridized carbons (Fsp3) is 0.143. The minimum absolute atomic E-state index is 0.246. The van der Waals surface area contributed by atoms with Crippen molar-refractivity contribution < 1.29 is 5.11 Å². The van der Waals surface area contributed by atoms with Crippen LogP contribution in [0.4, 0.5) is 5.69 Å². The second kappa shape index (κ2) is 6.16. The van der Waals surface area contributed by atoms with E-state index in [9.17, 15) is 5.11 Å². The summed E-state index contributed by atoms with van der Waals surface area (Å²) in [7, 11) is 0. The SMILES string of the molecule is Cc1ccc(Cl)cc1NCc1cc(Br)cc(Br)c1O. The molecule has 0 spiro atoms. The Hall–Kier alpha value is -0.710. The van der Waals surface area contributed by atoms with Crippen LogP contribution < -0.4 is 5.32 Å². The van der Waals surface area contributed by atoms with Crippen LogP contribution in [-0.4, -0.2) is 5.11 Å². The largest absolute Gasteiger partial charge is 0.506 e. The van der Waals surface area contributed by atoms with Gasteiger partial charge >= 0.3 is 0 Å². The number of halogens is 3. The smallest absolute Gasteiger partial charge is 0.134 e. The Morgan fingerprint density at radius 1 is 1.21 bits per heavy atom. The molecule has 0 atom stereocenters. The first-order valence-corrected chi connectivity index (χ1v) is 7.60. The molecular formula is C14H12Br2ClNO. The summed E-state index contributed by atoms with van der Waals surface area (Å²) in [6.07, 6.45) is 0. The number of rotatable bonds is 3. The number of aryl methyl sites for hydroxylation is 1. The van der Waals surface area contributed by atoms with E-state index < -0.39 is 0 Å². The third-order valence-corrected chi connectivity index (χ3v) is 4.07. The highest BCUT2D eigenvalue weighted by Crippen LogP contribution is 2.32. The van der Waals surface area contributed by atoms with Gasteiger partial charge in [0.15, 0.2) is 0 Å². The van der Waals surface area contributed by atoms with E-state index in [0.29, 0.717) is 16.0 Å². The van der Waals surface area contributed by atoms with Crippen LogP contribution in [0.1, 0.15) is 11.1 Å². The molecule has 2 nitrogen and oxygen atoms in total. The Morgan fingerprint density at radius 3 is 2.68 bits per heavy atom. The number of benzene rings is 2. The molecule has 2 aromatic carbocycles. The summed E-state index contributed by atoms with van der Waals surface area (Å²) < 4.78 is 1.58. The minimum Gasteiger partial charge on any atom is -0.506 e. The number of hydrogen-bond acceptors (Lipinski definition) is 2. The number of anilines is 1. The Morgan fingerprint density at radius 2 is 1.95 bits per heavy atom. The molecule has 0 saturated heterocycles. The third-order valence-electron chi connectivity index (χ3n) is 2.78. The summed E-state index contributed by atoms with van der Waals surface area (Å²) in [5.41, 5.74) is 2.88. The number of phenols is 1. The second-order valence-electron chi connectivity index (χ2n) is 4.21. The van der Waals surface area contributed by atoms with Crippen molar-refractivity contribution in [2.75, 3.05) is 5.32 Å². The second-order valence-corrected chi connectivity index (χ2v) is 6.41. The summed E-state index contributed by atoms with van der Waals surface area (Å²) in [5.74, 6) is 0.246. The molecule has 0 unspecified atom stereocenters. The fourth-order valence-corrected chi connectivity index (χ4v) is 3.21. The van der Waals surface area contributed by atoms with Crippen LogP contribution in [0.25, 0.3) is 0 Å². The zero-order chi connectivity index (χ0) is 14.0. The van der Waals surface area contributed by atoms with Gasteiger partial charge in [0.2, 0.25) is 0 Å². The van der Waals surface area contributed by atoms with Gasteiger partial charge in [0.05, 0.1) is 4.47 Å². The summed E-state index contributed by atoms with van der Waals surface area (Å²) in [5, 5.41) is 14.0. The fourth-order valence-electron chi connectivity index (χ4n) is 1.73. The van der Waals surface area contributed by atoms with Gasteiger partial charge in [0, 0.05) is 27.3 Å². The molecule has 19 heavy (non-hydrogen) atoms. The average molecular weight is 406 g/mol. The Labute approximate surface area is 134 Å². The van der Waals surface area contributed by atoms with Crippen molar-refractivity contribution in [3.63, 3.8) is 0 Å². The van der Waals surface area contributed by atoms with E-state index in [1.165, 1.54) is 0 Å². The molecule has 0 saturated carbocycles. The van der Waals surface area contributed by atoms with Gasteiger partial charge in [-0.1, -0.05) is 33.6 Å². The summed E-state index contributed by atoms with van der Waals surface area (Å²) in [6, 6.07) is 9.38. The number of phenolic OH excluding ortho intramolecular Hbond substituents is 1. The highest BCUT2D eigenvalue weighted by Gasteiger charge is 2.08. The van der Waals surface area contributed by atoms with E-state index in [2.05, 4.69) is 37.2 Å². The lowest BCUT2D eigenvalue weighted by Gasteiger charge is -2.12. The summed E-state index contributed by atoms with van der Waals surface area (Å²) in [4.78, 5) is 0. The molecule has 0 bridgehead atoms. The summed E-state index contributed by atoms with van der Waals surface area (Å²) in [6.45, 7) is 2.53. The van der Waals surface area contributed by atoms with Gasteiger partial charge in [-0.15, -0.1) is 0 Å². The predicted molar refractivity (Wildman–Crippen MR) is 87.0 cm³/mol. The van der Waals surface area contributed by atoms with Crippen molar-refractivity contribution >= 4 is 49.1 Å². The van der Waals surface area contributed by atoms with Gasteiger partial charge in [-0.25, -0.2) is 0 Å². The molecular weight excluding hydrogens is 393 g/mol. The molecule has 0 fully saturated rings. The predicted octanol–water partition coefficient (Wildman–Crippen LogP) is 5.49. The lowest BCUT2D eigenvalue weighted by atomic mass is 10.1. The van der Waals surface area contributed by atoms with Crippen LogP contribution in [0.3, 0.4) is 0 Å². The number of hydrogen-bond donors (Lipinski definition) is 2. The Kier molecular flexibility index (Phi) is 4.76. The molecule has 2 N–H and O–H groups in total. The number of nitrogens with one attached hydrogen (secondary N) is 1. The van der Waals surface area contributed by atoms with E-state index in [-0.39, 0.29) is 5.75 Å². The van der Waals surface area contributed by atoms with E-state index in [1.807, 2.05) is 37.3 Å². The highest BCUT2D eigenvalue weighted by molar-refractivity contribution is 9.11. The monoisotopic (exact) mass is 403 g/mol. The van der Waals surface area contributed by atoms with Crippen LogP contribution in [-0.2, 0) is 6.54 Å². The van der Waals surface area contributed by atoms with Crippen molar-refractivity contribution in [1.82, 2.24) is 0 Å². The van der Waals surface area contributed by atoms with Gasteiger partial charge in [-0.2, -0.15) is 0 Å². The zero-order valence-corrected chi connectivity index (χ0v) is 14.1. The zero-order valence-electron chi connectivity index (χ0n) is 10.2. The maximum atomic E-state index is 9.99.